The first-order valence-corrected chi connectivity index (χ1v) is 4.43. The molecule has 0 saturated carbocycles. The summed E-state index contributed by atoms with van der Waals surface area (Å²) in [6.07, 6.45) is 1.87. The first kappa shape index (κ1) is 8.74. The van der Waals surface area contributed by atoms with Crippen molar-refractivity contribution in [2.75, 3.05) is 5.32 Å². The van der Waals surface area contributed by atoms with Crippen LogP contribution in [0.2, 0.25) is 0 Å². The van der Waals surface area contributed by atoms with E-state index in [1.54, 1.807) is 6.34 Å². The van der Waals surface area contributed by atoms with Crippen LogP contribution in [0.25, 0.3) is 0 Å². The molecule has 0 spiro atoms. The molecule has 1 aliphatic heterocycles. The first-order chi connectivity index (χ1) is 6.77. The maximum atomic E-state index is 10.8. The molecule has 0 bridgehead atoms. The highest BCUT2D eigenvalue weighted by Gasteiger charge is 2.18. The minimum atomic E-state index is -0.330. The van der Waals surface area contributed by atoms with Gasteiger partial charge in [0.25, 0.3) is 0 Å². The number of hydrogen-bond acceptors (Lipinski definition) is 3. The molecule has 72 valence electrons. The van der Waals surface area contributed by atoms with Gasteiger partial charge in [-0.2, -0.15) is 0 Å². The van der Waals surface area contributed by atoms with E-state index in [1.165, 1.54) is 0 Å². The Hall–Kier alpha value is -1.84. The van der Waals surface area contributed by atoms with Crippen molar-refractivity contribution in [2.24, 2.45) is 10.7 Å². The SMILES string of the molecule is NC(=O)CC1N=CNc2ccccc21. The molecule has 1 aromatic rings. The summed E-state index contributed by atoms with van der Waals surface area (Å²) in [6.45, 7) is 0. The zero-order chi connectivity index (χ0) is 9.97. The summed E-state index contributed by atoms with van der Waals surface area (Å²) >= 11 is 0. The maximum Gasteiger partial charge on any atom is 0.219 e. The highest BCUT2D eigenvalue weighted by molar-refractivity contribution is 5.82. The third-order valence-corrected chi connectivity index (χ3v) is 2.19. The molecular weight excluding hydrogens is 178 g/mol. The Labute approximate surface area is 81.8 Å². The standard InChI is InChI=1S/C10H11N3O/c11-10(14)5-9-7-3-1-2-4-8(7)12-6-13-9/h1-4,6,9H,5H2,(H2,11,14)(H,12,13). The summed E-state index contributed by atoms with van der Waals surface area (Å²) in [7, 11) is 0. The van der Waals surface area contributed by atoms with Crippen LogP contribution in [-0.2, 0) is 4.79 Å². The van der Waals surface area contributed by atoms with Gasteiger partial charge in [0.15, 0.2) is 0 Å². The second-order valence-electron chi connectivity index (χ2n) is 3.20. The zero-order valence-electron chi connectivity index (χ0n) is 7.60. The molecule has 1 amide bonds. The van der Waals surface area contributed by atoms with Gasteiger partial charge in [0.2, 0.25) is 5.91 Å². The summed E-state index contributed by atoms with van der Waals surface area (Å²) in [4.78, 5) is 15.0. The van der Waals surface area contributed by atoms with Crippen molar-refractivity contribution in [1.82, 2.24) is 0 Å². The molecule has 0 radical (unpaired) electrons. The van der Waals surface area contributed by atoms with Crippen LogP contribution < -0.4 is 11.1 Å². The molecule has 0 saturated heterocycles. The minimum absolute atomic E-state index is 0.134. The average Bonchev–Trinajstić information content (AvgIpc) is 2.18. The Morgan fingerprint density at radius 3 is 3.07 bits per heavy atom. The quantitative estimate of drug-likeness (QED) is 0.730. The minimum Gasteiger partial charge on any atom is -0.370 e. The van der Waals surface area contributed by atoms with Crippen molar-refractivity contribution in [3.05, 3.63) is 29.8 Å². The van der Waals surface area contributed by atoms with Crippen LogP contribution in [0.1, 0.15) is 18.0 Å². The van der Waals surface area contributed by atoms with Crippen LogP contribution in [0.15, 0.2) is 29.3 Å². The molecule has 1 heterocycles. The van der Waals surface area contributed by atoms with Gasteiger partial charge >= 0.3 is 0 Å². The molecule has 14 heavy (non-hydrogen) atoms. The Morgan fingerprint density at radius 1 is 1.50 bits per heavy atom. The lowest BCUT2D eigenvalue weighted by Gasteiger charge is -2.19. The molecular formula is C10H11N3O. The second-order valence-corrected chi connectivity index (χ2v) is 3.20. The number of primary amides is 1. The fourth-order valence-corrected chi connectivity index (χ4v) is 1.55. The van der Waals surface area contributed by atoms with Gasteiger partial charge in [-0.1, -0.05) is 18.2 Å². The molecule has 2 rings (SSSR count). The monoisotopic (exact) mass is 189 g/mol. The number of nitrogens with two attached hydrogens (primary N) is 1. The van der Waals surface area contributed by atoms with Crippen molar-refractivity contribution in [1.29, 1.82) is 0 Å². The second kappa shape index (κ2) is 3.49. The summed E-state index contributed by atoms with van der Waals surface area (Å²) in [5.41, 5.74) is 7.16. The molecule has 0 fully saturated rings. The largest absolute Gasteiger partial charge is 0.370 e. The molecule has 0 aromatic heterocycles. The van der Waals surface area contributed by atoms with Gasteiger partial charge in [-0.15, -0.1) is 0 Å². The Bertz CT molecular complexity index is 387. The Kier molecular flexibility index (Phi) is 2.18. The number of carbonyl (C=O) groups excluding carboxylic acids is 1. The molecule has 1 atom stereocenters. The van der Waals surface area contributed by atoms with Gasteiger partial charge in [0.05, 0.1) is 18.8 Å². The molecule has 0 aliphatic carbocycles. The van der Waals surface area contributed by atoms with Crippen LogP contribution in [-0.4, -0.2) is 12.2 Å². The van der Waals surface area contributed by atoms with E-state index in [4.69, 9.17) is 5.73 Å². The van der Waals surface area contributed by atoms with Crippen LogP contribution in [0.4, 0.5) is 5.69 Å². The summed E-state index contributed by atoms with van der Waals surface area (Å²) < 4.78 is 0. The zero-order valence-corrected chi connectivity index (χ0v) is 7.60. The van der Waals surface area contributed by atoms with E-state index in [1.807, 2.05) is 24.3 Å². The van der Waals surface area contributed by atoms with Crippen molar-refractivity contribution in [2.45, 2.75) is 12.5 Å². The maximum absolute atomic E-state index is 10.8. The number of nitrogens with one attached hydrogen (secondary N) is 1. The number of fused-ring (bicyclic) bond motifs is 1. The highest BCUT2D eigenvalue weighted by Crippen LogP contribution is 2.29. The number of anilines is 1. The van der Waals surface area contributed by atoms with Crippen molar-refractivity contribution in [3.8, 4) is 0 Å². The fraction of sp³-hybridized carbons (Fsp3) is 0.200. The Balaban J connectivity index is 2.31. The number of para-hydroxylation sites is 1. The van der Waals surface area contributed by atoms with Gasteiger partial charge in [-0.05, 0) is 6.07 Å². The number of nitrogens with zero attached hydrogens (tertiary/aromatic N) is 1. The van der Waals surface area contributed by atoms with E-state index < -0.39 is 0 Å². The number of carbonyl (C=O) groups is 1. The van der Waals surface area contributed by atoms with Crippen molar-refractivity contribution in [3.63, 3.8) is 0 Å². The van der Waals surface area contributed by atoms with Crippen LogP contribution in [0, 0.1) is 0 Å². The fourth-order valence-electron chi connectivity index (χ4n) is 1.55. The number of amides is 1. The lowest BCUT2D eigenvalue weighted by molar-refractivity contribution is -0.118. The van der Waals surface area contributed by atoms with Crippen LogP contribution >= 0.6 is 0 Å². The summed E-state index contributed by atoms with van der Waals surface area (Å²) in [5.74, 6) is -0.330. The number of rotatable bonds is 2. The Morgan fingerprint density at radius 2 is 2.29 bits per heavy atom. The van der Waals surface area contributed by atoms with Gasteiger partial charge in [-0.3, -0.25) is 9.79 Å². The third kappa shape index (κ3) is 1.59. The third-order valence-electron chi connectivity index (χ3n) is 2.19. The number of benzene rings is 1. The van der Waals surface area contributed by atoms with Gasteiger partial charge in [0, 0.05) is 11.3 Å². The van der Waals surface area contributed by atoms with Crippen molar-refractivity contribution < 1.29 is 4.79 Å². The molecule has 4 heteroatoms. The molecule has 3 N–H and O–H groups in total. The van der Waals surface area contributed by atoms with Gasteiger partial charge in [-0.25, -0.2) is 0 Å². The molecule has 1 aliphatic rings. The number of hydrogen-bond donors (Lipinski definition) is 2. The smallest absolute Gasteiger partial charge is 0.219 e. The van der Waals surface area contributed by atoms with Gasteiger partial charge < -0.3 is 11.1 Å². The summed E-state index contributed by atoms with van der Waals surface area (Å²) in [6, 6.07) is 7.63. The van der Waals surface area contributed by atoms with Crippen molar-refractivity contribution >= 4 is 17.9 Å². The van der Waals surface area contributed by atoms with E-state index in [-0.39, 0.29) is 18.4 Å². The van der Waals surface area contributed by atoms with E-state index >= 15 is 0 Å². The normalized spacial score (nSPS) is 18.4. The predicted molar refractivity (Wildman–Crippen MR) is 55.1 cm³/mol. The average molecular weight is 189 g/mol. The van der Waals surface area contributed by atoms with Crippen LogP contribution in [0.5, 0.6) is 0 Å². The van der Waals surface area contributed by atoms with Crippen LogP contribution in [0.3, 0.4) is 0 Å². The lowest BCUT2D eigenvalue weighted by Crippen LogP contribution is -2.18. The van der Waals surface area contributed by atoms with E-state index in [2.05, 4.69) is 10.3 Å². The number of aliphatic imine (C=N–C) groups is 1. The lowest BCUT2D eigenvalue weighted by atomic mass is 10.0. The van der Waals surface area contributed by atoms with E-state index in [0.29, 0.717) is 0 Å². The first-order valence-electron chi connectivity index (χ1n) is 4.43. The predicted octanol–water partition coefficient (Wildman–Crippen LogP) is 1.06. The van der Waals surface area contributed by atoms with E-state index in [0.717, 1.165) is 11.3 Å². The topological polar surface area (TPSA) is 67.5 Å². The van der Waals surface area contributed by atoms with E-state index in [9.17, 15) is 4.79 Å². The molecule has 4 nitrogen and oxygen atoms in total. The molecule has 1 aromatic carbocycles. The molecule has 1 unspecified atom stereocenters. The highest BCUT2D eigenvalue weighted by atomic mass is 16.1. The summed E-state index contributed by atoms with van der Waals surface area (Å²) in [5, 5.41) is 3.02. The van der Waals surface area contributed by atoms with Gasteiger partial charge in [0.1, 0.15) is 0 Å².